The molecule has 0 amide bonds. The minimum Gasteiger partial charge on any atom is -0.485 e. The summed E-state index contributed by atoms with van der Waals surface area (Å²) in [4.78, 5) is 14.2. The smallest absolute Gasteiger partial charge is 0.180 e. The highest BCUT2D eigenvalue weighted by molar-refractivity contribution is 7.16. The number of thiophene rings is 2. The van der Waals surface area contributed by atoms with Gasteiger partial charge in [0.15, 0.2) is 23.0 Å². The van der Waals surface area contributed by atoms with E-state index in [9.17, 15) is 0 Å². The minimum atomic E-state index is 0.574. The Bertz CT molecular complexity index is 1380. The van der Waals surface area contributed by atoms with Crippen molar-refractivity contribution in [3.8, 4) is 55.3 Å². The maximum atomic E-state index is 6.16. The molecule has 0 bridgehead atoms. The van der Waals surface area contributed by atoms with Crippen molar-refractivity contribution in [2.45, 2.75) is 78.1 Å². The maximum Gasteiger partial charge on any atom is 0.180 e. The minimum absolute atomic E-state index is 0.574. The Labute approximate surface area is 257 Å². The molecule has 2 aliphatic rings. The predicted molar refractivity (Wildman–Crippen MR) is 172 cm³/mol. The molecule has 4 aromatic heterocycles. The van der Waals surface area contributed by atoms with Crippen LogP contribution in [0.5, 0.6) is 23.0 Å². The quantitative estimate of drug-likeness (QED) is 0.142. The fourth-order valence-corrected chi connectivity index (χ4v) is 8.03. The molecule has 2 aliphatic heterocycles. The van der Waals surface area contributed by atoms with Crippen LogP contribution < -0.4 is 18.9 Å². The zero-order valence-corrected chi connectivity index (χ0v) is 26.3. The maximum absolute atomic E-state index is 6.16. The van der Waals surface area contributed by atoms with Gasteiger partial charge in [-0.2, -0.15) is 0 Å². The molecule has 0 radical (unpaired) electrons. The zero-order chi connectivity index (χ0) is 28.7. The van der Waals surface area contributed by atoms with Gasteiger partial charge in [-0.15, -0.1) is 22.7 Å². The van der Waals surface area contributed by atoms with Gasteiger partial charge in [-0.1, -0.05) is 52.4 Å². The first kappa shape index (κ1) is 29.0. The van der Waals surface area contributed by atoms with Crippen LogP contribution in [-0.2, 0) is 12.8 Å². The van der Waals surface area contributed by atoms with Gasteiger partial charge in [0.05, 0.1) is 30.9 Å². The van der Waals surface area contributed by atoms with E-state index in [1.54, 1.807) is 22.7 Å². The fraction of sp³-hybridized carbons (Fsp3) is 0.471. The number of nitrogens with zero attached hydrogens (tertiary/aromatic N) is 2. The van der Waals surface area contributed by atoms with Crippen molar-refractivity contribution in [1.29, 1.82) is 0 Å². The summed E-state index contributed by atoms with van der Waals surface area (Å²) in [6.45, 7) is 6.85. The van der Waals surface area contributed by atoms with Crippen molar-refractivity contribution in [2.75, 3.05) is 26.4 Å². The Kier molecular flexibility index (Phi) is 9.61. The number of unbranched alkanes of at least 4 members (excludes halogenated alkanes) is 6. The van der Waals surface area contributed by atoms with Crippen LogP contribution in [0.1, 0.15) is 75.0 Å². The van der Waals surface area contributed by atoms with Gasteiger partial charge in [0.1, 0.15) is 26.4 Å². The number of pyridine rings is 2. The van der Waals surface area contributed by atoms with Crippen molar-refractivity contribution in [3.63, 3.8) is 0 Å². The van der Waals surface area contributed by atoms with Crippen LogP contribution in [0, 0.1) is 0 Å². The van der Waals surface area contributed by atoms with Crippen LogP contribution in [0.3, 0.4) is 0 Å². The van der Waals surface area contributed by atoms with Crippen LogP contribution in [0.25, 0.3) is 32.3 Å². The van der Waals surface area contributed by atoms with E-state index in [1.165, 1.54) is 61.1 Å². The molecule has 0 fully saturated rings. The second-order valence-electron chi connectivity index (χ2n) is 10.9. The number of hydrogen-bond acceptors (Lipinski definition) is 8. The van der Waals surface area contributed by atoms with Gasteiger partial charge in [0.2, 0.25) is 0 Å². The van der Waals surface area contributed by atoms with Crippen LogP contribution in [-0.4, -0.2) is 36.4 Å². The summed E-state index contributed by atoms with van der Waals surface area (Å²) in [5, 5.41) is 0. The van der Waals surface area contributed by atoms with Crippen molar-refractivity contribution in [1.82, 2.24) is 9.97 Å². The van der Waals surface area contributed by atoms with Gasteiger partial charge in [0, 0.05) is 12.4 Å². The molecule has 6 heterocycles. The largest absolute Gasteiger partial charge is 0.485 e. The Morgan fingerprint density at radius 1 is 0.571 bits per heavy atom. The molecule has 0 aliphatic carbocycles. The Morgan fingerprint density at radius 2 is 1.00 bits per heavy atom. The third-order valence-electron chi connectivity index (χ3n) is 7.76. The molecule has 0 aromatic carbocycles. The van der Waals surface area contributed by atoms with Crippen LogP contribution in [0.2, 0.25) is 0 Å². The first-order chi connectivity index (χ1) is 20.8. The highest BCUT2D eigenvalue weighted by Crippen LogP contribution is 2.51. The Balaban J connectivity index is 1.29. The normalized spacial score (nSPS) is 13.9. The molecule has 6 nitrogen and oxygen atoms in total. The second-order valence-corrected chi connectivity index (χ2v) is 13.1. The summed E-state index contributed by atoms with van der Waals surface area (Å²) < 4.78 is 24.6. The van der Waals surface area contributed by atoms with Crippen molar-refractivity contribution in [2.24, 2.45) is 0 Å². The lowest BCUT2D eigenvalue weighted by Gasteiger charge is -2.17. The van der Waals surface area contributed by atoms with E-state index < -0.39 is 0 Å². The second kappa shape index (κ2) is 13.9. The molecule has 6 rings (SSSR count). The van der Waals surface area contributed by atoms with E-state index in [1.807, 2.05) is 12.4 Å². The van der Waals surface area contributed by atoms with E-state index in [-0.39, 0.29) is 0 Å². The summed E-state index contributed by atoms with van der Waals surface area (Å²) in [6, 6.07) is 8.37. The highest BCUT2D eigenvalue weighted by Gasteiger charge is 2.27. The molecule has 8 heteroatoms. The van der Waals surface area contributed by atoms with Gasteiger partial charge in [-0.25, -0.2) is 0 Å². The van der Waals surface area contributed by atoms with Crippen molar-refractivity contribution in [3.05, 3.63) is 46.4 Å². The van der Waals surface area contributed by atoms with Crippen LogP contribution in [0.4, 0.5) is 0 Å². The summed E-state index contributed by atoms with van der Waals surface area (Å²) in [5.74, 6) is 3.63. The summed E-state index contributed by atoms with van der Waals surface area (Å²) >= 11 is 3.58. The van der Waals surface area contributed by atoms with Crippen LogP contribution in [0.15, 0.2) is 36.7 Å². The number of hydrogen-bond donors (Lipinski definition) is 0. The van der Waals surface area contributed by atoms with Gasteiger partial charge >= 0.3 is 0 Å². The number of ether oxygens (including phenoxy) is 4. The number of aromatic nitrogens is 2. The Morgan fingerprint density at radius 3 is 1.43 bits per heavy atom. The molecule has 0 atom stereocenters. The number of rotatable bonds is 13. The van der Waals surface area contributed by atoms with Gasteiger partial charge < -0.3 is 18.9 Å². The van der Waals surface area contributed by atoms with E-state index in [0.29, 0.717) is 26.4 Å². The van der Waals surface area contributed by atoms with E-state index in [2.05, 4.69) is 38.1 Å². The summed E-state index contributed by atoms with van der Waals surface area (Å²) in [7, 11) is 0. The lowest BCUT2D eigenvalue weighted by Crippen LogP contribution is -2.15. The predicted octanol–water partition coefficient (Wildman–Crippen LogP) is 9.39. The van der Waals surface area contributed by atoms with Crippen LogP contribution >= 0.6 is 22.7 Å². The van der Waals surface area contributed by atoms with E-state index in [0.717, 1.165) is 68.1 Å². The van der Waals surface area contributed by atoms with Gasteiger partial charge in [-0.3, -0.25) is 9.97 Å². The average Bonchev–Trinajstić information content (AvgIpc) is 3.60. The molecular weight excluding hydrogens is 565 g/mol. The molecule has 4 aromatic rings. The summed E-state index contributed by atoms with van der Waals surface area (Å²) in [6.07, 6.45) is 15.6. The molecule has 0 saturated carbocycles. The topological polar surface area (TPSA) is 62.7 Å². The molecular formula is C34H40N2O4S2. The fourth-order valence-electron chi connectivity index (χ4n) is 5.58. The number of fused-ring (bicyclic) bond motifs is 2. The lowest BCUT2D eigenvalue weighted by molar-refractivity contribution is 0.172. The third-order valence-corrected chi connectivity index (χ3v) is 10.3. The molecule has 0 unspecified atom stereocenters. The molecule has 0 saturated heterocycles. The van der Waals surface area contributed by atoms with E-state index >= 15 is 0 Å². The standard InChI is InChI=1S/C34H40N2O4S2/c1-3-5-7-9-11-27-29-31(39-19-17-37-29)33(41-27)23-13-15-35-25(21-23)26-22-24(14-16-36-26)34-32-30(38-18-20-40-32)28(42-34)12-10-8-6-4-2/h13-16,21-22H,3-12,17-20H2,1-2H3. The van der Waals surface area contributed by atoms with Crippen molar-refractivity contribution < 1.29 is 18.9 Å². The van der Waals surface area contributed by atoms with E-state index in [4.69, 9.17) is 28.9 Å². The molecule has 0 N–H and O–H groups in total. The Hall–Kier alpha value is -3.10. The molecule has 0 spiro atoms. The SMILES string of the molecule is CCCCCCc1sc(-c2ccnc(-c3cc(-c4sc(CCCCCC)c5c4OCCO5)ccn3)c2)c2c1OCCO2. The highest BCUT2D eigenvalue weighted by atomic mass is 32.1. The lowest BCUT2D eigenvalue weighted by atomic mass is 10.1. The average molecular weight is 605 g/mol. The third kappa shape index (κ3) is 6.30. The summed E-state index contributed by atoms with van der Waals surface area (Å²) in [5.41, 5.74) is 3.83. The molecule has 42 heavy (non-hydrogen) atoms. The number of aryl methyl sites for hydroxylation is 2. The van der Waals surface area contributed by atoms with Crippen molar-refractivity contribution >= 4 is 22.7 Å². The first-order valence-electron chi connectivity index (χ1n) is 15.5. The first-order valence-corrected chi connectivity index (χ1v) is 17.2. The van der Waals surface area contributed by atoms with Gasteiger partial charge in [-0.05, 0) is 61.1 Å². The molecule has 222 valence electrons. The van der Waals surface area contributed by atoms with Gasteiger partial charge in [0.25, 0.3) is 0 Å². The monoisotopic (exact) mass is 604 g/mol. The zero-order valence-electron chi connectivity index (χ0n) is 24.7.